The third kappa shape index (κ3) is 3.85. The van der Waals surface area contributed by atoms with Crippen LogP contribution in [0.25, 0.3) is 16.9 Å². The van der Waals surface area contributed by atoms with Gasteiger partial charge in [0, 0.05) is 57.4 Å². The second kappa shape index (κ2) is 8.64. The maximum Gasteiger partial charge on any atom is 0.277 e. The molecule has 9 heteroatoms. The largest absolute Gasteiger partial charge is 0.395 e. The van der Waals surface area contributed by atoms with Crippen molar-refractivity contribution in [1.82, 2.24) is 24.1 Å². The maximum absolute atomic E-state index is 13.3. The lowest BCUT2D eigenvalue weighted by atomic mass is 10.2. The van der Waals surface area contributed by atoms with Gasteiger partial charge < -0.3 is 19.3 Å². The first kappa shape index (κ1) is 21.3. The zero-order valence-corrected chi connectivity index (χ0v) is 18.1. The van der Waals surface area contributed by atoms with Crippen molar-refractivity contribution < 1.29 is 14.7 Å². The highest BCUT2D eigenvalue weighted by molar-refractivity contribution is 6.12. The molecule has 9 nitrogen and oxygen atoms in total. The average Bonchev–Trinajstić information content (AvgIpc) is 3.41. The van der Waals surface area contributed by atoms with Gasteiger partial charge in [-0.05, 0) is 6.07 Å². The second-order valence-corrected chi connectivity index (χ2v) is 7.49. The predicted octanol–water partition coefficient (Wildman–Crippen LogP) is 2.08. The van der Waals surface area contributed by atoms with Gasteiger partial charge in [0.1, 0.15) is 11.3 Å². The number of amides is 2. The Labute approximate surface area is 185 Å². The van der Waals surface area contributed by atoms with Crippen LogP contribution in [0.5, 0.6) is 0 Å². The fourth-order valence-electron chi connectivity index (χ4n) is 3.51. The molecule has 164 valence electrons. The molecule has 0 fully saturated rings. The molecule has 2 amide bonds. The molecule has 0 spiro atoms. The molecule has 0 radical (unpaired) electrons. The first-order valence-electron chi connectivity index (χ1n) is 10.1. The van der Waals surface area contributed by atoms with Crippen molar-refractivity contribution >= 4 is 23.1 Å². The molecule has 0 saturated carbocycles. The van der Waals surface area contributed by atoms with E-state index in [1.807, 2.05) is 59.3 Å². The Morgan fingerprint density at radius 1 is 1.09 bits per heavy atom. The van der Waals surface area contributed by atoms with E-state index in [1.165, 1.54) is 20.7 Å². The Hall–Kier alpha value is -3.98. The molecule has 1 N–H and O–H groups in total. The number of fused-ring (bicyclic) bond motifs is 1. The van der Waals surface area contributed by atoms with Crippen molar-refractivity contribution in [3.8, 4) is 11.3 Å². The standard InChI is InChI=1S/C23H24N6O3/c1-26(11-12-30)22(31)18-14-24-28(3)21(18)23(32)27(2)17-9-10-29-15-19(25-20(29)13-17)16-7-5-4-6-8-16/h4-10,13-15,30H,11-12H2,1-3H3. The minimum absolute atomic E-state index is 0.164. The van der Waals surface area contributed by atoms with Crippen LogP contribution in [0, 0.1) is 0 Å². The summed E-state index contributed by atoms with van der Waals surface area (Å²) in [6.07, 6.45) is 5.16. The minimum atomic E-state index is -0.375. The van der Waals surface area contributed by atoms with Gasteiger partial charge in [-0.25, -0.2) is 4.98 Å². The highest BCUT2D eigenvalue weighted by atomic mass is 16.3. The summed E-state index contributed by atoms with van der Waals surface area (Å²) in [6.45, 7) is -0.00151. The Kier molecular flexibility index (Phi) is 5.74. The number of carbonyl (C=O) groups is 2. The summed E-state index contributed by atoms with van der Waals surface area (Å²) in [5, 5.41) is 13.2. The lowest BCUT2D eigenvalue weighted by Gasteiger charge is -2.20. The molecule has 4 aromatic rings. The molecule has 1 aromatic carbocycles. The summed E-state index contributed by atoms with van der Waals surface area (Å²) in [5.74, 6) is -0.745. The van der Waals surface area contributed by atoms with Crippen molar-refractivity contribution in [2.24, 2.45) is 7.05 Å². The van der Waals surface area contributed by atoms with Gasteiger partial charge in [0.05, 0.1) is 24.1 Å². The van der Waals surface area contributed by atoms with Gasteiger partial charge >= 0.3 is 0 Å². The van der Waals surface area contributed by atoms with Crippen LogP contribution in [0.2, 0.25) is 0 Å². The van der Waals surface area contributed by atoms with Gasteiger partial charge in [-0.1, -0.05) is 30.3 Å². The summed E-state index contributed by atoms with van der Waals surface area (Å²) >= 11 is 0. The minimum Gasteiger partial charge on any atom is -0.395 e. The summed E-state index contributed by atoms with van der Waals surface area (Å²) in [6, 6.07) is 13.5. The van der Waals surface area contributed by atoms with Gasteiger partial charge in [0.2, 0.25) is 0 Å². The molecule has 0 aliphatic rings. The van der Waals surface area contributed by atoms with E-state index in [9.17, 15) is 9.59 Å². The number of rotatable bonds is 6. The fourth-order valence-corrected chi connectivity index (χ4v) is 3.51. The molecule has 4 rings (SSSR count). The number of nitrogens with zero attached hydrogens (tertiary/aromatic N) is 6. The van der Waals surface area contributed by atoms with Crippen molar-refractivity contribution in [3.63, 3.8) is 0 Å². The van der Waals surface area contributed by atoms with Crippen LogP contribution < -0.4 is 4.90 Å². The number of aliphatic hydroxyl groups excluding tert-OH is 1. The molecule has 32 heavy (non-hydrogen) atoms. The van der Waals surface area contributed by atoms with E-state index < -0.39 is 0 Å². The highest BCUT2D eigenvalue weighted by Gasteiger charge is 2.27. The third-order valence-corrected chi connectivity index (χ3v) is 5.36. The van der Waals surface area contributed by atoms with Gasteiger partial charge in [-0.15, -0.1) is 0 Å². The quantitative estimate of drug-likeness (QED) is 0.503. The van der Waals surface area contributed by atoms with Crippen LogP contribution in [0.4, 0.5) is 5.69 Å². The van der Waals surface area contributed by atoms with Crippen LogP contribution in [-0.4, -0.2) is 68.2 Å². The van der Waals surface area contributed by atoms with Gasteiger partial charge in [0.25, 0.3) is 11.8 Å². The van der Waals surface area contributed by atoms with Crippen molar-refractivity contribution in [3.05, 3.63) is 72.3 Å². The van der Waals surface area contributed by atoms with Gasteiger partial charge in [0.15, 0.2) is 0 Å². The van der Waals surface area contributed by atoms with Crippen LogP contribution >= 0.6 is 0 Å². The predicted molar refractivity (Wildman–Crippen MR) is 121 cm³/mol. The molecule has 0 atom stereocenters. The van der Waals surface area contributed by atoms with E-state index in [-0.39, 0.29) is 36.2 Å². The summed E-state index contributed by atoms with van der Waals surface area (Å²) in [7, 11) is 4.84. The number of aryl methyl sites for hydroxylation is 1. The Morgan fingerprint density at radius 2 is 1.84 bits per heavy atom. The molecule has 0 unspecified atom stereocenters. The Balaban J connectivity index is 1.65. The maximum atomic E-state index is 13.3. The fraction of sp³-hybridized carbons (Fsp3) is 0.217. The summed E-state index contributed by atoms with van der Waals surface area (Å²) < 4.78 is 3.29. The third-order valence-electron chi connectivity index (χ3n) is 5.36. The van der Waals surface area contributed by atoms with Crippen molar-refractivity contribution in [2.75, 3.05) is 32.1 Å². The molecular weight excluding hydrogens is 408 g/mol. The molecule has 3 heterocycles. The van der Waals surface area contributed by atoms with Crippen LogP contribution in [0.1, 0.15) is 20.8 Å². The van der Waals surface area contributed by atoms with Crippen LogP contribution in [0.3, 0.4) is 0 Å². The number of benzene rings is 1. The topological polar surface area (TPSA) is 96.0 Å². The Bertz CT molecular complexity index is 1280. The summed E-state index contributed by atoms with van der Waals surface area (Å²) in [5.41, 5.74) is 3.54. The van der Waals surface area contributed by atoms with E-state index in [0.29, 0.717) is 11.3 Å². The Morgan fingerprint density at radius 3 is 2.56 bits per heavy atom. The normalized spacial score (nSPS) is 11.0. The monoisotopic (exact) mass is 432 g/mol. The van der Waals surface area contributed by atoms with E-state index in [1.54, 1.807) is 21.1 Å². The van der Waals surface area contributed by atoms with Gasteiger partial charge in [-0.3, -0.25) is 14.3 Å². The van der Waals surface area contributed by atoms with E-state index in [2.05, 4.69) is 10.1 Å². The van der Waals surface area contributed by atoms with Crippen LogP contribution in [-0.2, 0) is 7.05 Å². The molecule has 0 bridgehead atoms. The number of imidazole rings is 1. The number of likely N-dealkylation sites (N-methyl/N-ethyl adjacent to an activating group) is 1. The van der Waals surface area contributed by atoms with Gasteiger partial charge in [-0.2, -0.15) is 5.10 Å². The number of pyridine rings is 1. The van der Waals surface area contributed by atoms with E-state index in [0.717, 1.165) is 11.3 Å². The first-order chi connectivity index (χ1) is 15.4. The number of hydrogen-bond donors (Lipinski definition) is 1. The highest BCUT2D eigenvalue weighted by Crippen LogP contribution is 2.23. The molecule has 0 aliphatic heterocycles. The lowest BCUT2D eigenvalue weighted by molar-refractivity contribution is 0.0761. The first-order valence-corrected chi connectivity index (χ1v) is 10.1. The number of anilines is 1. The number of aliphatic hydroxyl groups is 1. The molecule has 3 aromatic heterocycles. The second-order valence-electron chi connectivity index (χ2n) is 7.49. The van der Waals surface area contributed by atoms with E-state index in [4.69, 9.17) is 5.11 Å². The lowest BCUT2D eigenvalue weighted by Crippen LogP contribution is -2.34. The smallest absolute Gasteiger partial charge is 0.277 e. The zero-order valence-electron chi connectivity index (χ0n) is 18.1. The average molecular weight is 432 g/mol. The van der Waals surface area contributed by atoms with Crippen LogP contribution in [0.15, 0.2) is 61.1 Å². The molecule has 0 aliphatic carbocycles. The number of aromatic nitrogens is 4. The zero-order chi connectivity index (χ0) is 22.8. The summed E-state index contributed by atoms with van der Waals surface area (Å²) in [4.78, 5) is 33.5. The van der Waals surface area contributed by atoms with E-state index >= 15 is 0 Å². The molecule has 0 saturated heterocycles. The molecular formula is C23H24N6O3. The SMILES string of the molecule is CN(CCO)C(=O)c1cnn(C)c1C(=O)N(C)c1ccn2cc(-c3ccccc3)nc2c1. The van der Waals surface area contributed by atoms with Crippen molar-refractivity contribution in [1.29, 1.82) is 0 Å². The van der Waals surface area contributed by atoms with Crippen molar-refractivity contribution in [2.45, 2.75) is 0 Å². The number of carbonyl (C=O) groups excluding carboxylic acids is 2. The number of hydrogen-bond acceptors (Lipinski definition) is 5.